The summed E-state index contributed by atoms with van der Waals surface area (Å²) in [6, 6.07) is 0. The van der Waals surface area contributed by atoms with Gasteiger partial charge in [-0.05, 0) is 0 Å². The van der Waals surface area contributed by atoms with E-state index in [9.17, 15) is 36.9 Å². The van der Waals surface area contributed by atoms with Crippen molar-refractivity contribution in [2.75, 3.05) is 0 Å². The van der Waals surface area contributed by atoms with Gasteiger partial charge >= 0.3 is 30.7 Å². The summed E-state index contributed by atoms with van der Waals surface area (Å²) in [7, 11) is -17.3. The van der Waals surface area contributed by atoms with Crippen molar-refractivity contribution in [1.29, 1.82) is 0 Å². The van der Waals surface area contributed by atoms with Crippen LogP contribution in [0, 0.1) is 0 Å². The normalized spacial score (nSPS) is 13.8. The zero-order chi connectivity index (χ0) is 13.6. The third-order valence-electron chi connectivity index (χ3n) is 1.32. The summed E-state index contributed by atoms with van der Waals surface area (Å²) in [5, 5.41) is -5.92. The maximum atomic E-state index is 12.5. The first-order valence-corrected chi connectivity index (χ1v) is 7.42. The van der Waals surface area contributed by atoms with E-state index in [4.69, 9.17) is 0 Å². The lowest BCUT2D eigenvalue weighted by atomic mass is 10.9. The molecule has 0 aliphatic heterocycles. The Kier molecular flexibility index (Phi) is 3.01. The van der Waals surface area contributed by atoms with E-state index >= 15 is 0 Å². The minimum atomic E-state index is -5.85. The Labute approximate surface area is 93.1 Å². The van der Waals surface area contributed by atoms with Crippen molar-refractivity contribution >= 4 is 30.7 Å². The van der Waals surface area contributed by atoms with Crippen molar-refractivity contribution < 1.29 is 36.9 Å². The summed E-state index contributed by atoms with van der Waals surface area (Å²) in [6.07, 6.45) is 0. The molecule has 0 aromatic carbocycles. The molecular formula is C3HF3N2O6S3. The zero-order valence-corrected chi connectivity index (χ0v) is 9.70. The second-order valence-electron chi connectivity index (χ2n) is 2.49. The molecule has 0 radical (unpaired) electrons. The van der Waals surface area contributed by atoms with Crippen LogP contribution in [0.1, 0.15) is 0 Å². The topological polar surface area (TPSA) is 131 Å². The molecule has 1 rings (SSSR count). The number of hydrogen-bond donors (Lipinski definition) is 1. The van der Waals surface area contributed by atoms with E-state index < -0.39 is 45.9 Å². The lowest BCUT2D eigenvalue weighted by Crippen LogP contribution is -2.01. The second kappa shape index (κ2) is 3.67. The molecule has 0 aliphatic rings. The van der Waals surface area contributed by atoms with Crippen LogP contribution in [-0.2, 0) is 30.7 Å². The minimum Gasteiger partial charge on any atom is -0.314 e. The molecule has 1 heterocycles. The van der Waals surface area contributed by atoms with Crippen LogP contribution < -0.4 is 0 Å². The molecular weight excluding hydrogens is 313 g/mol. The highest BCUT2D eigenvalue weighted by molar-refractivity contribution is 7.89. The molecule has 0 saturated heterocycles. The van der Waals surface area contributed by atoms with Gasteiger partial charge in [-0.2, -0.15) is 25.3 Å². The predicted octanol–water partition coefficient (Wildman–Crippen LogP) is -0.616. The van der Waals surface area contributed by atoms with Gasteiger partial charge in [-0.3, -0.25) is 0 Å². The summed E-state index contributed by atoms with van der Waals surface area (Å²) in [5.41, 5.74) is 0. The number of hydrogen-bond acceptors (Lipinski definition) is 7. The third-order valence-corrected chi connectivity index (χ3v) is 3.65. The number of imidazole rings is 1. The van der Waals surface area contributed by atoms with Gasteiger partial charge in [0.1, 0.15) is 0 Å². The highest BCUT2D eigenvalue weighted by atomic mass is 32.3. The molecule has 0 aliphatic carbocycles. The van der Waals surface area contributed by atoms with E-state index in [-0.39, 0.29) is 0 Å². The van der Waals surface area contributed by atoms with Crippen LogP contribution in [-0.4, -0.2) is 35.2 Å². The molecule has 17 heavy (non-hydrogen) atoms. The van der Waals surface area contributed by atoms with Gasteiger partial charge in [0.05, 0.1) is 0 Å². The second-order valence-corrected chi connectivity index (χ2v) is 6.30. The molecule has 0 saturated carbocycles. The van der Waals surface area contributed by atoms with Crippen molar-refractivity contribution in [1.82, 2.24) is 9.97 Å². The van der Waals surface area contributed by atoms with Crippen LogP contribution >= 0.6 is 0 Å². The molecule has 1 N–H and O–H groups in total. The van der Waals surface area contributed by atoms with Crippen LogP contribution in [0.15, 0.2) is 15.2 Å². The van der Waals surface area contributed by atoms with Crippen molar-refractivity contribution in [2.24, 2.45) is 0 Å². The highest BCUT2D eigenvalue weighted by Gasteiger charge is 2.34. The maximum absolute atomic E-state index is 12.5. The van der Waals surface area contributed by atoms with E-state index in [1.807, 2.05) is 0 Å². The van der Waals surface area contributed by atoms with Gasteiger partial charge < -0.3 is 4.98 Å². The lowest BCUT2D eigenvalue weighted by molar-refractivity contribution is 0.529. The summed E-state index contributed by atoms with van der Waals surface area (Å²) in [6.45, 7) is 0. The Hall–Kier alpha value is -1.15. The van der Waals surface area contributed by atoms with Crippen LogP contribution in [0.3, 0.4) is 0 Å². The number of nitrogens with one attached hydrogen (secondary N) is 1. The van der Waals surface area contributed by atoms with Gasteiger partial charge in [-0.1, -0.05) is 11.7 Å². The van der Waals surface area contributed by atoms with Crippen molar-refractivity contribution in [3.63, 3.8) is 0 Å². The zero-order valence-electron chi connectivity index (χ0n) is 7.26. The van der Waals surface area contributed by atoms with E-state index in [0.29, 0.717) is 0 Å². The minimum absolute atomic E-state index is 1.01. The highest BCUT2D eigenvalue weighted by Crippen LogP contribution is 2.24. The number of rotatable bonds is 3. The van der Waals surface area contributed by atoms with Gasteiger partial charge in [-0.15, -0.1) is 0 Å². The molecule has 0 spiro atoms. The first-order valence-electron chi connectivity index (χ1n) is 3.27. The van der Waals surface area contributed by atoms with Gasteiger partial charge in [0.2, 0.25) is 10.1 Å². The fourth-order valence-electron chi connectivity index (χ4n) is 0.768. The number of nitrogens with zero attached hydrogens (tertiary/aromatic N) is 1. The molecule has 1 aromatic heterocycles. The molecule has 14 heteroatoms. The van der Waals surface area contributed by atoms with E-state index in [0.717, 1.165) is 4.98 Å². The summed E-state index contributed by atoms with van der Waals surface area (Å²) in [5.74, 6) is 0. The van der Waals surface area contributed by atoms with Gasteiger partial charge in [-0.25, -0.2) is 4.98 Å². The van der Waals surface area contributed by atoms with E-state index in [2.05, 4.69) is 4.98 Å². The molecule has 8 nitrogen and oxygen atoms in total. The van der Waals surface area contributed by atoms with Gasteiger partial charge in [0.15, 0.2) is 0 Å². The molecule has 1 aromatic rings. The smallest absolute Gasteiger partial charge is 0.314 e. The van der Waals surface area contributed by atoms with Crippen molar-refractivity contribution in [3.8, 4) is 0 Å². The summed E-state index contributed by atoms with van der Waals surface area (Å²) >= 11 is 0. The molecule has 0 fully saturated rings. The number of halogens is 3. The largest absolute Gasteiger partial charge is 0.366 e. The summed E-state index contributed by atoms with van der Waals surface area (Å²) in [4.78, 5) is 3.33. The van der Waals surface area contributed by atoms with Gasteiger partial charge in [0.25, 0.3) is 5.16 Å². The first kappa shape index (κ1) is 13.9. The Bertz CT molecular complexity index is 709. The molecule has 0 amide bonds. The fraction of sp³-hybridized carbons (Fsp3) is 0. The standard InChI is InChI=1S/C3HF3N2O6S3/c4-15(9,10)1-2(16(5,11)12)8-3(7-1)17(6,13)14/h(H,7,8). The Morgan fingerprint density at radius 1 is 0.824 bits per heavy atom. The predicted molar refractivity (Wildman–Crippen MR) is 43.5 cm³/mol. The van der Waals surface area contributed by atoms with Crippen molar-refractivity contribution in [3.05, 3.63) is 0 Å². The fourth-order valence-corrected chi connectivity index (χ4v) is 2.86. The van der Waals surface area contributed by atoms with Gasteiger partial charge in [0, 0.05) is 0 Å². The number of aromatic amines is 1. The Morgan fingerprint density at radius 3 is 1.53 bits per heavy atom. The number of aromatic nitrogens is 2. The quantitative estimate of drug-likeness (QED) is 0.736. The van der Waals surface area contributed by atoms with Crippen LogP contribution in [0.5, 0.6) is 0 Å². The third kappa shape index (κ3) is 2.95. The SMILES string of the molecule is O=S(=O)(F)c1nc(S(=O)(=O)F)c(S(=O)(=O)F)[nH]1. The van der Waals surface area contributed by atoms with Crippen LogP contribution in [0.2, 0.25) is 0 Å². The maximum Gasteiger partial charge on any atom is 0.366 e. The van der Waals surface area contributed by atoms with Crippen LogP contribution in [0.25, 0.3) is 0 Å². The summed E-state index contributed by atoms with van der Waals surface area (Å²) < 4.78 is 99.2. The van der Waals surface area contributed by atoms with Crippen LogP contribution in [0.4, 0.5) is 11.7 Å². The monoisotopic (exact) mass is 314 g/mol. The molecule has 0 bridgehead atoms. The lowest BCUT2D eigenvalue weighted by Gasteiger charge is -1.90. The average molecular weight is 314 g/mol. The van der Waals surface area contributed by atoms with E-state index in [1.165, 1.54) is 0 Å². The average Bonchev–Trinajstić information content (AvgIpc) is 2.42. The molecule has 0 atom stereocenters. The number of H-pyrrole nitrogens is 1. The Balaban J connectivity index is 3.79. The first-order chi connectivity index (χ1) is 7.33. The van der Waals surface area contributed by atoms with Crippen molar-refractivity contribution in [2.45, 2.75) is 15.2 Å². The Morgan fingerprint density at radius 2 is 1.29 bits per heavy atom. The van der Waals surface area contributed by atoms with E-state index in [1.54, 1.807) is 0 Å². The molecule has 0 unspecified atom stereocenters. The molecule has 98 valence electrons.